The first-order chi connectivity index (χ1) is 18.1. The Balaban J connectivity index is 1.32. The lowest BCUT2D eigenvalue weighted by Crippen LogP contribution is -2.38. The van der Waals surface area contributed by atoms with Gasteiger partial charge in [-0.25, -0.2) is 14.2 Å². The first-order valence-corrected chi connectivity index (χ1v) is 13.1. The number of hydrogen-bond acceptors (Lipinski definition) is 6. The number of hydrogen-bond donors (Lipinski definition) is 1. The van der Waals surface area contributed by atoms with Gasteiger partial charge in [0, 0.05) is 30.6 Å². The third-order valence-corrected chi connectivity index (χ3v) is 7.06. The molecule has 1 aromatic carbocycles. The highest BCUT2D eigenvalue weighted by molar-refractivity contribution is 6.07. The van der Waals surface area contributed by atoms with Gasteiger partial charge in [-0.05, 0) is 82.7 Å². The molecule has 1 saturated heterocycles. The average Bonchev–Trinajstić information content (AvgIpc) is 3.42. The van der Waals surface area contributed by atoms with Crippen LogP contribution in [0.15, 0.2) is 42.6 Å². The molecule has 1 aliphatic carbocycles. The fourth-order valence-corrected chi connectivity index (χ4v) is 5.46. The largest absolute Gasteiger partial charge is 0.492 e. The molecule has 3 atom stereocenters. The van der Waals surface area contributed by atoms with E-state index >= 15 is 0 Å². The molecule has 2 aliphatic rings. The van der Waals surface area contributed by atoms with Gasteiger partial charge < -0.3 is 19.7 Å². The molecule has 0 radical (unpaired) electrons. The number of aromatic nitrogens is 2. The van der Waals surface area contributed by atoms with Crippen molar-refractivity contribution < 1.29 is 23.5 Å². The number of nitrogens with zero attached hydrogens (tertiary/aromatic N) is 3. The van der Waals surface area contributed by atoms with E-state index in [-0.39, 0.29) is 18.0 Å². The number of likely N-dealkylation sites (tertiary alicyclic amines) is 1. The Morgan fingerprint density at radius 2 is 1.82 bits per heavy atom. The topological polar surface area (TPSA) is 93.7 Å². The van der Waals surface area contributed by atoms with Gasteiger partial charge in [-0.3, -0.25) is 9.78 Å². The molecule has 2 amide bonds. The van der Waals surface area contributed by atoms with Crippen LogP contribution in [0.2, 0.25) is 0 Å². The second-order valence-corrected chi connectivity index (χ2v) is 11.1. The first kappa shape index (κ1) is 25.9. The van der Waals surface area contributed by atoms with Crippen molar-refractivity contribution in [3.8, 4) is 17.1 Å². The number of halogens is 1. The molecule has 5 rings (SSSR count). The number of fused-ring (bicyclic) bond motifs is 2. The van der Waals surface area contributed by atoms with Crippen LogP contribution in [0.25, 0.3) is 22.3 Å². The van der Waals surface area contributed by atoms with Crippen LogP contribution in [-0.2, 0) is 4.74 Å². The number of ether oxygens (including phenoxy) is 2. The Bertz CT molecular complexity index is 1340. The maximum absolute atomic E-state index is 14.1. The van der Waals surface area contributed by atoms with Crippen LogP contribution in [0.5, 0.6) is 5.75 Å². The summed E-state index contributed by atoms with van der Waals surface area (Å²) in [6, 6.07) is 9.52. The van der Waals surface area contributed by atoms with E-state index < -0.39 is 11.4 Å². The number of pyridine rings is 2. The fourth-order valence-electron chi connectivity index (χ4n) is 5.46. The van der Waals surface area contributed by atoms with Crippen molar-refractivity contribution in [1.82, 2.24) is 20.2 Å². The summed E-state index contributed by atoms with van der Waals surface area (Å²) in [6.07, 6.45) is 2.91. The molecule has 1 aliphatic heterocycles. The molecule has 38 heavy (non-hydrogen) atoms. The minimum absolute atomic E-state index is 0.00555. The van der Waals surface area contributed by atoms with Crippen LogP contribution in [0.1, 0.15) is 50.9 Å². The van der Waals surface area contributed by atoms with E-state index in [0.717, 1.165) is 12.8 Å². The summed E-state index contributed by atoms with van der Waals surface area (Å²) in [4.78, 5) is 36.8. The molecule has 200 valence electrons. The van der Waals surface area contributed by atoms with Crippen molar-refractivity contribution in [2.75, 3.05) is 19.7 Å². The highest BCUT2D eigenvalue weighted by atomic mass is 19.1. The smallest absolute Gasteiger partial charge is 0.410 e. The van der Waals surface area contributed by atoms with Gasteiger partial charge >= 0.3 is 6.09 Å². The number of rotatable bonds is 5. The van der Waals surface area contributed by atoms with Gasteiger partial charge in [0.15, 0.2) is 0 Å². The predicted molar refractivity (Wildman–Crippen MR) is 141 cm³/mol. The van der Waals surface area contributed by atoms with E-state index in [4.69, 9.17) is 9.47 Å². The number of carbonyl (C=O) groups is 2. The average molecular weight is 521 g/mol. The first-order valence-electron chi connectivity index (χ1n) is 13.1. The zero-order chi connectivity index (χ0) is 27.0. The van der Waals surface area contributed by atoms with Crippen LogP contribution < -0.4 is 10.1 Å². The van der Waals surface area contributed by atoms with Crippen LogP contribution in [-0.4, -0.2) is 58.2 Å². The van der Waals surface area contributed by atoms with Gasteiger partial charge in [-0.15, -0.1) is 0 Å². The summed E-state index contributed by atoms with van der Waals surface area (Å²) in [5.41, 5.74) is 1.33. The molecular weight excluding hydrogens is 487 g/mol. The number of amides is 2. The summed E-state index contributed by atoms with van der Waals surface area (Å²) < 4.78 is 25.1. The normalized spacial score (nSPS) is 20.9. The van der Waals surface area contributed by atoms with Crippen LogP contribution in [0, 0.1) is 17.7 Å². The number of nitrogens with one attached hydrogen (secondary N) is 1. The van der Waals surface area contributed by atoms with Crippen molar-refractivity contribution in [3.63, 3.8) is 0 Å². The minimum atomic E-state index is -0.527. The van der Waals surface area contributed by atoms with Crippen molar-refractivity contribution in [1.29, 1.82) is 0 Å². The number of carbonyl (C=O) groups excluding carboxylic acids is 2. The molecule has 3 heterocycles. The Morgan fingerprint density at radius 3 is 2.45 bits per heavy atom. The summed E-state index contributed by atoms with van der Waals surface area (Å²) >= 11 is 0. The zero-order valence-electron chi connectivity index (χ0n) is 22.2. The quantitative estimate of drug-likeness (QED) is 0.496. The standard InChI is InChI=1S/C29H33FN4O4/c1-5-37-21-7-9-24(31-14-21)26-13-23(22-8-6-19(30)12-25(22)33-26)27(35)32-20-10-17-15-34(16-18(17)11-20)28(36)38-29(2,3)4/h6-9,12-14,17-18,20H,5,10-11,15-16H2,1-4H3,(H,32,35)/t17-,18+,20?. The van der Waals surface area contributed by atoms with Crippen molar-refractivity contribution in [2.24, 2.45) is 11.8 Å². The van der Waals surface area contributed by atoms with Crippen LogP contribution >= 0.6 is 0 Å². The second kappa shape index (κ2) is 10.2. The molecule has 9 heteroatoms. The van der Waals surface area contributed by atoms with E-state index in [0.29, 0.717) is 65.1 Å². The Hall–Kier alpha value is -3.75. The molecular formula is C29H33FN4O4. The van der Waals surface area contributed by atoms with Gasteiger partial charge in [0.2, 0.25) is 0 Å². The third-order valence-electron chi connectivity index (χ3n) is 7.06. The highest BCUT2D eigenvalue weighted by Crippen LogP contribution is 2.39. The molecule has 2 fully saturated rings. The van der Waals surface area contributed by atoms with Gasteiger partial charge in [-0.2, -0.15) is 0 Å². The van der Waals surface area contributed by atoms with Gasteiger partial charge in [0.25, 0.3) is 5.91 Å². The Labute approximate surface area is 221 Å². The molecule has 8 nitrogen and oxygen atoms in total. The molecule has 3 aromatic rings. The molecule has 1 saturated carbocycles. The van der Waals surface area contributed by atoms with Gasteiger partial charge in [0.05, 0.1) is 35.3 Å². The van der Waals surface area contributed by atoms with Gasteiger partial charge in [0.1, 0.15) is 17.2 Å². The van der Waals surface area contributed by atoms with Crippen LogP contribution in [0.4, 0.5) is 9.18 Å². The molecule has 1 N–H and O–H groups in total. The van der Waals surface area contributed by atoms with E-state index in [9.17, 15) is 14.0 Å². The van der Waals surface area contributed by atoms with Gasteiger partial charge in [-0.1, -0.05) is 0 Å². The summed E-state index contributed by atoms with van der Waals surface area (Å²) in [5.74, 6) is 0.619. The van der Waals surface area contributed by atoms with Crippen molar-refractivity contribution >= 4 is 22.9 Å². The fraction of sp³-hybridized carbons (Fsp3) is 0.448. The summed E-state index contributed by atoms with van der Waals surface area (Å²) in [6.45, 7) is 9.29. The maximum Gasteiger partial charge on any atom is 0.410 e. The molecule has 0 spiro atoms. The van der Waals surface area contributed by atoms with E-state index in [1.54, 1.807) is 35.4 Å². The SMILES string of the molecule is CCOc1ccc(-c2cc(C(=O)NC3C[C@@H]4CN(C(=O)OC(C)(C)C)C[C@@H]4C3)c3ccc(F)cc3n2)nc1. The lowest BCUT2D eigenvalue weighted by molar-refractivity contribution is 0.0278. The molecule has 2 aromatic heterocycles. The predicted octanol–water partition coefficient (Wildman–Crippen LogP) is 5.21. The van der Waals surface area contributed by atoms with Crippen molar-refractivity contribution in [2.45, 2.75) is 52.2 Å². The highest BCUT2D eigenvalue weighted by Gasteiger charge is 2.43. The summed E-state index contributed by atoms with van der Waals surface area (Å²) in [5, 5.41) is 3.76. The van der Waals surface area contributed by atoms with E-state index in [1.807, 2.05) is 27.7 Å². The molecule has 1 unspecified atom stereocenters. The monoisotopic (exact) mass is 520 g/mol. The Morgan fingerprint density at radius 1 is 1.08 bits per heavy atom. The van der Waals surface area contributed by atoms with E-state index in [1.165, 1.54) is 12.1 Å². The van der Waals surface area contributed by atoms with Crippen LogP contribution in [0.3, 0.4) is 0 Å². The Kier molecular flexibility index (Phi) is 6.94. The number of benzene rings is 1. The lowest BCUT2D eigenvalue weighted by atomic mass is 10.0. The minimum Gasteiger partial charge on any atom is -0.492 e. The van der Waals surface area contributed by atoms with E-state index in [2.05, 4.69) is 15.3 Å². The zero-order valence-corrected chi connectivity index (χ0v) is 22.2. The maximum atomic E-state index is 14.1. The third kappa shape index (κ3) is 5.56. The second-order valence-electron chi connectivity index (χ2n) is 11.1. The summed E-state index contributed by atoms with van der Waals surface area (Å²) in [7, 11) is 0. The molecule has 0 bridgehead atoms. The van der Waals surface area contributed by atoms with Crippen molar-refractivity contribution in [3.05, 3.63) is 54.0 Å². The lowest BCUT2D eigenvalue weighted by Gasteiger charge is -2.25.